The first-order chi connectivity index (χ1) is 13.0. The Labute approximate surface area is 160 Å². The number of benzene rings is 2. The number of nitrogens with one attached hydrogen (secondary N) is 1. The second-order valence-electron chi connectivity index (χ2n) is 6.97. The molecule has 1 aliphatic rings. The van der Waals surface area contributed by atoms with Crippen LogP contribution >= 0.6 is 0 Å². The number of anilines is 2. The number of hydrogen-bond acceptors (Lipinski definition) is 3. The Bertz CT molecular complexity index is 861. The van der Waals surface area contributed by atoms with Crippen LogP contribution in [0.15, 0.2) is 36.4 Å². The van der Waals surface area contributed by atoms with Crippen molar-refractivity contribution in [1.82, 2.24) is 0 Å². The van der Waals surface area contributed by atoms with Gasteiger partial charge in [-0.05, 0) is 73.7 Å². The molecule has 1 heterocycles. The Kier molecular flexibility index (Phi) is 5.79. The lowest BCUT2D eigenvalue weighted by molar-refractivity contribution is -0.119. The first-order valence-electron chi connectivity index (χ1n) is 9.41. The van der Waals surface area contributed by atoms with Crippen molar-refractivity contribution in [3.63, 3.8) is 0 Å². The van der Waals surface area contributed by atoms with Crippen LogP contribution in [0.2, 0.25) is 0 Å². The Hall–Kier alpha value is -2.82. The summed E-state index contributed by atoms with van der Waals surface area (Å²) in [5.41, 5.74) is 5.10. The number of aryl methyl sites for hydroxylation is 3. The number of fused-ring (bicyclic) bond motifs is 1. The maximum atomic E-state index is 12.2. The zero-order valence-corrected chi connectivity index (χ0v) is 16.2. The lowest BCUT2D eigenvalue weighted by Crippen LogP contribution is -2.35. The van der Waals surface area contributed by atoms with Crippen molar-refractivity contribution < 1.29 is 14.3 Å². The molecule has 3 rings (SSSR count). The fraction of sp³-hybridized carbons (Fsp3) is 0.364. The van der Waals surface area contributed by atoms with Crippen molar-refractivity contribution in [3.05, 3.63) is 53.1 Å². The molecule has 5 heteroatoms. The van der Waals surface area contributed by atoms with Crippen molar-refractivity contribution >= 4 is 23.2 Å². The SMILES string of the molecule is CCCN1C(=O)CCc2cc(NC(=O)COc3ccc(C)c(C)c3)ccc21. The van der Waals surface area contributed by atoms with Gasteiger partial charge in [0.2, 0.25) is 5.91 Å². The van der Waals surface area contributed by atoms with Crippen LogP contribution in [-0.2, 0) is 16.0 Å². The summed E-state index contributed by atoms with van der Waals surface area (Å²) in [4.78, 5) is 26.2. The number of ether oxygens (including phenoxy) is 1. The lowest BCUT2D eigenvalue weighted by atomic mass is 10.00. The van der Waals surface area contributed by atoms with Crippen LogP contribution in [0.25, 0.3) is 0 Å². The van der Waals surface area contributed by atoms with E-state index in [9.17, 15) is 9.59 Å². The number of carbonyl (C=O) groups excluding carboxylic acids is 2. The summed E-state index contributed by atoms with van der Waals surface area (Å²) in [5.74, 6) is 0.654. The quantitative estimate of drug-likeness (QED) is 0.840. The van der Waals surface area contributed by atoms with E-state index in [1.165, 1.54) is 5.56 Å². The second-order valence-corrected chi connectivity index (χ2v) is 6.97. The molecular weight excluding hydrogens is 340 g/mol. The molecule has 0 radical (unpaired) electrons. The molecule has 0 saturated carbocycles. The number of hydrogen-bond donors (Lipinski definition) is 1. The summed E-state index contributed by atoms with van der Waals surface area (Å²) in [5, 5.41) is 2.88. The van der Waals surface area contributed by atoms with E-state index >= 15 is 0 Å². The minimum Gasteiger partial charge on any atom is -0.484 e. The van der Waals surface area contributed by atoms with E-state index in [1.54, 1.807) is 0 Å². The summed E-state index contributed by atoms with van der Waals surface area (Å²) in [6.07, 6.45) is 2.14. The van der Waals surface area contributed by atoms with E-state index < -0.39 is 0 Å². The van der Waals surface area contributed by atoms with Gasteiger partial charge in [-0.25, -0.2) is 0 Å². The standard InChI is InChI=1S/C22H26N2O3/c1-4-11-24-20-9-7-18(13-17(20)6-10-22(24)26)23-21(25)14-27-19-8-5-15(2)16(3)12-19/h5,7-9,12-13H,4,6,10-11,14H2,1-3H3,(H,23,25). The molecule has 2 amide bonds. The molecule has 0 atom stereocenters. The average molecular weight is 366 g/mol. The number of amides is 2. The zero-order valence-electron chi connectivity index (χ0n) is 16.2. The van der Waals surface area contributed by atoms with Gasteiger partial charge in [-0.1, -0.05) is 13.0 Å². The van der Waals surface area contributed by atoms with Crippen molar-refractivity contribution in [1.29, 1.82) is 0 Å². The molecule has 0 aliphatic carbocycles. The fourth-order valence-corrected chi connectivity index (χ4v) is 3.26. The molecule has 1 N–H and O–H groups in total. The first kappa shape index (κ1) is 19.0. The Morgan fingerprint density at radius 3 is 2.67 bits per heavy atom. The highest BCUT2D eigenvalue weighted by atomic mass is 16.5. The highest BCUT2D eigenvalue weighted by molar-refractivity contribution is 5.97. The number of nitrogens with zero attached hydrogens (tertiary/aromatic N) is 1. The van der Waals surface area contributed by atoms with Crippen LogP contribution in [0.4, 0.5) is 11.4 Å². The van der Waals surface area contributed by atoms with E-state index in [0.717, 1.165) is 35.5 Å². The van der Waals surface area contributed by atoms with Gasteiger partial charge < -0.3 is 15.0 Å². The molecule has 1 aliphatic heterocycles. The average Bonchev–Trinajstić information content (AvgIpc) is 2.65. The second kappa shape index (κ2) is 8.25. The van der Waals surface area contributed by atoms with Gasteiger partial charge in [0.25, 0.3) is 5.91 Å². The zero-order chi connectivity index (χ0) is 19.4. The van der Waals surface area contributed by atoms with Crippen molar-refractivity contribution in [3.8, 4) is 5.75 Å². The van der Waals surface area contributed by atoms with Gasteiger partial charge in [0, 0.05) is 24.3 Å². The monoisotopic (exact) mass is 366 g/mol. The van der Waals surface area contributed by atoms with Crippen LogP contribution < -0.4 is 15.0 Å². The predicted molar refractivity (Wildman–Crippen MR) is 107 cm³/mol. The third-order valence-corrected chi connectivity index (χ3v) is 4.86. The van der Waals surface area contributed by atoms with Crippen molar-refractivity contribution in [2.24, 2.45) is 0 Å². The largest absolute Gasteiger partial charge is 0.484 e. The number of carbonyl (C=O) groups is 2. The minimum absolute atomic E-state index is 0.0416. The molecule has 27 heavy (non-hydrogen) atoms. The third-order valence-electron chi connectivity index (χ3n) is 4.86. The molecule has 2 aromatic rings. The Morgan fingerprint density at radius 2 is 1.93 bits per heavy atom. The summed E-state index contributed by atoms with van der Waals surface area (Å²) >= 11 is 0. The normalized spacial score (nSPS) is 13.3. The van der Waals surface area contributed by atoms with Crippen LogP contribution in [0, 0.1) is 13.8 Å². The Balaban J connectivity index is 1.63. The molecule has 0 saturated heterocycles. The van der Waals surface area contributed by atoms with Gasteiger partial charge in [-0.2, -0.15) is 0 Å². The topological polar surface area (TPSA) is 58.6 Å². The minimum atomic E-state index is -0.203. The van der Waals surface area contributed by atoms with Crippen LogP contribution in [-0.4, -0.2) is 25.0 Å². The van der Waals surface area contributed by atoms with E-state index in [-0.39, 0.29) is 18.4 Å². The van der Waals surface area contributed by atoms with Gasteiger partial charge in [0.1, 0.15) is 5.75 Å². The molecule has 0 aromatic heterocycles. The maximum Gasteiger partial charge on any atom is 0.262 e. The van der Waals surface area contributed by atoms with Gasteiger partial charge in [-0.3, -0.25) is 9.59 Å². The summed E-state index contributed by atoms with van der Waals surface area (Å²) in [7, 11) is 0. The van der Waals surface area contributed by atoms with Gasteiger partial charge >= 0.3 is 0 Å². The van der Waals surface area contributed by atoms with E-state index in [4.69, 9.17) is 4.74 Å². The smallest absolute Gasteiger partial charge is 0.262 e. The molecule has 5 nitrogen and oxygen atoms in total. The maximum absolute atomic E-state index is 12.2. The van der Waals surface area contributed by atoms with E-state index in [1.807, 2.05) is 55.1 Å². The van der Waals surface area contributed by atoms with Crippen LogP contribution in [0.3, 0.4) is 0 Å². The molecule has 0 fully saturated rings. The molecule has 142 valence electrons. The lowest BCUT2D eigenvalue weighted by Gasteiger charge is -2.29. The van der Waals surface area contributed by atoms with Crippen molar-refractivity contribution in [2.45, 2.75) is 40.0 Å². The Morgan fingerprint density at radius 1 is 1.11 bits per heavy atom. The van der Waals surface area contributed by atoms with Crippen LogP contribution in [0.5, 0.6) is 5.75 Å². The molecule has 0 unspecified atom stereocenters. The first-order valence-corrected chi connectivity index (χ1v) is 9.41. The van der Waals surface area contributed by atoms with E-state index in [0.29, 0.717) is 18.6 Å². The summed E-state index contributed by atoms with van der Waals surface area (Å²) < 4.78 is 5.59. The van der Waals surface area contributed by atoms with Gasteiger partial charge in [0.05, 0.1) is 0 Å². The fourth-order valence-electron chi connectivity index (χ4n) is 3.26. The van der Waals surface area contributed by atoms with Gasteiger partial charge in [-0.15, -0.1) is 0 Å². The van der Waals surface area contributed by atoms with Gasteiger partial charge in [0.15, 0.2) is 6.61 Å². The predicted octanol–water partition coefficient (Wildman–Crippen LogP) is 4.01. The van der Waals surface area contributed by atoms with Crippen LogP contribution in [0.1, 0.15) is 36.5 Å². The molecule has 0 bridgehead atoms. The highest BCUT2D eigenvalue weighted by Crippen LogP contribution is 2.30. The molecular formula is C22H26N2O3. The molecule has 2 aromatic carbocycles. The third kappa shape index (κ3) is 4.48. The summed E-state index contributed by atoms with van der Waals surface area (Å²) in [6, 6.07) is 11.5. The highest BCUT2D eigenvalue weighted by Gasteiger charge is 2.23. The summed E-state index contributed by atoms with van der Waals surface area (Å²) in [6.45, 7) is 6.80. The van der Waals surface area contributed by atoms with E-state index in [2.05, 4.69) is 12.2 Å². The molecule has 0 spiro atoms. The van der Waals surface area contributed by atoms with Crippen molar-refractivity contribution in [2.75, 3.05) is 23.4 Å². The number of rotatable bonds is 6.